The largest absolute Gasteiger partial charge is 0.455 e. The number of sulfonamides is 1. The molecule has 8 heteroatoms. The molecule has 27 heavy (non-hydrogen) atoms. The van der Waals surface area contributed by atoms with Gasteiger partial charge >= 0.3 is 0 Å². The minimum Gasteiger partial charge on any atom is -0.455 e. The third-order valence-electron chi connectivity index (χ3n) is 4.85. The van der Waals surface area contributed by atoms with E-state index in [2.05, 4.69) is 9.62 Å². The summed E-state index contributed by atoms with van der Waals surface area (Å²) in [6, 6.07) is 12.7. The van der Waals surface area contributed by atoms with Crippen LogP contribution in [0.4, 0.5) is 5.69 Å². The van der Waals surface area contributed by atoms with Crippen LogP contribution in [0.1, 0.15) is 18.0 Å². The maximum Gasteiger partial charge on any atom is 0.240 e. The van der Waals surface area contributed by atoms with E-state index < -0.39 is 10.0 Å². The van der Waals surface area contributed by atoms with Gasteiger partial charge in [0.2, 0.25) is 10.0 Å². The number of hydrogen-bond acceptors (Lipinski definition) is 6. The first kappa shape index (κ1) is 18.2. The van der Waals surface area contributed by atoms with Crippen molar-refractivity contribution in [3.63, 3.8) is 0 Å². The van der Waals surface area contributed by atoms with Crippen LogP contribution in [0.5, 0.6) is 11.5 Å². The number of hydrogen-bond donors (Lipinski definition) is 1. The molecule has 2 aromatic rings. The Morgan fingerprint density at radius 1 is 1.19 bits per heavy atom. The van der Waals surface area contributed by atoms with Gasteiger partial charge < -0.3 is 9.64 Å². The molecule has 2 aromatic carbocycles. The van der Waals surface area contributed by atoms with Gasteiger partial charge in [0.1, 0.15) is 17.5 Å². The Morgan fingerprint density at radius 2 is 1.96 bits per heavy atom. The molecule has 0 bridgehead atoms. The van der Waals surface area contributed by atoms with E-state index in [9.17, 15) is 8.42 Å². The van der Waals surface area contributed by atoms with Crippen LogP contribution in [0.3, 0.4) is 0 Å². The highest BCUT2D eigenvalue weighted by Gasteiger charge is 2.40. The van der Waals surface area contributed by atoms with Crippen molar-refractivity contribution >= 4 is 15.7 Å². The zero-order chi connectivity index (χ0) is 19.2. The van der Waals surface area contributed by atoms with Crippen LogP contribution in [0.25, 0.3) is 0 Å². The molecule has 1 N–H and O–H groups in total. The van der Waals surface area contributed by atoms with Crippen LogP contribution in [0.15, 0.2) is 47.4 Å². The Kier molecular flexibility index (Phi) is 4.59. The molecule has 2 heterocycles. The lowest BCUT2D eigenvalue weighted by atomic mass is 10.0. The summed E-state index contributed by atoms with van der Waals surface area (Å²) in [6.07, 6.45) is 0.801. The highest BCUT2D eigenvalue weighted by atomic mass is 32.2. The van der Waals surface area contributed by atoms with Gasteiger partial charge in [0, 0.05) is 18.5 Å². The van der Waals surface area contributed by atoms with Gasteiger partial charge in [-0.3, -0.25) is 4.84 Å². The average Bonchev–Trinajstić information content (AvgIpc) is 2.99. The fraction of sp³-hybridized carbons (Fsp3) is 0.368. The van der Waals surface area contributed by atoms with E-state index in [1.807, 2.05) is 43.4 Å². The minimum atomic E-state index is -3.57. The first-order valence-corrected chi connectivity index (χ1v) is 10.3. The molecule has 1 saturated heterocycles. The molecule has 0 aromatic heterocycles. The number of nitrogens with one attached hydrogen (secondary N) is 1. The van der Waals surface area contributed by atoms with E-state index in [0.717, 1.165) is 24.3 Å². The fourth-order valence-electron chi connectivity index (χ4n) is 3.62. The van der Waals surface area contributed by atoms with Crippen molar-refractivity contribution in [3.8, 4) is 11.5 Å². The quantitative estimate of drug-likeness (QED) is 0.866. The molecule has 0 aliphatic carbocycles. The van der Waals surface area contributed by atoms with Crippen LogP contribution in [-0.4, -0.2) is 47.1 Å². The van der Waals surface area contributed by atoms with Crippen molar-refractivity contribution in [2.45, 2.75) is 23.5 Å². The van der Waals surface area contributed by atoms with Gasteiger partial charge in [0.25, 0.3) is 0 Å². The van der Waals surface area contributed by atoms with Crippen LogP contribution in [0.2, 0.25) is 0 Å². The standard InChI is InChI=1S/C19H23N3O4S/c1-20-27(23,24)14-8-9-19-17(11-14)22-16(10-13(26-22)12-21(2)3)15-6-4-5-7-18(15)25-19/h4-9,11,13,16,20H,10,12H2,1-3H3/t13-,16-/m0/s1. The summed E-state index contributed by atoms with van der Waals surface area (Å²) in [5.41, 5.74) is 1.65. The van der Waals surface area contributed by atoms with Gasteiger partial charge in [-0.2, -0.15) is 0 Å². The third-order valence-corrected chi connectivity index (χ3v) is 6.26. The number of rotatable bonds is 4. The summed E-state index contributed by atoms with van der Waals surface area (Å²) in [4.78, 5) is 8.50. The van der Waals surface area contributed by atoms with Gasteiger partial charge in [-0.05, 0) is 45.4 Å². The number of fused-ring (bicyclic) bond motifs is 5. The summed E-state index contributed by atoms with van der Waals surface area (Å²) < 4.78 is 33.0. The second kappa shape index (κ2) is 6.79. The van der Waals surface area contributed by atoms with E-state index >= 15 is 0 Å². The molecule has 0 unspecified atom stereocenters. The second-order valence-corrected chi connectivity index (χ2v) is 8.93. The number of para-hydroxylation sites is 1. The van der Waals surface area contributed by atoms with Gasteiger partial charge in [-0.25, -0.2) is 18.2 Å². The molecule has 0 amide bonds. The lowest BCUT2D eigenvalue weighted by Crippen LogP contribution is -2.28. The predicted molar refractivity (Wildman–Crippen MR) is 102 cm³/mol. The number of likely N-dealkylation sites (N-methyl/N-ethyl adjacent to an activating group) is 1. The van der Waals surface area contributed by atoms with E-state index in [0.29, 0.717) is 11.4 Å². The van der Waals surface area contributed by atoms with Crippen LogP contribution >= 0.6 is 0 Å². The van der Waals surface area contributed by atoms with Crippen molar-refractivity contribution in [1.82, 2.24) is 9.62 Å². The van der Waals surface area contributed by atoms with E-state index in [4.69, 9.17) is 9.57 Å². The molecule has 1 fully saturated rings. The minimum absolute atomic E-state index is 0.00793. The Balaban J connectivity index is 1.83. The van der Waals surface area contributed by atoms with Crippen molar-refractivity contribution in [2.75, 3.05) is 32.8 Å². The summed E-state index contributed by atoms with van der Waals surface area (Å²) >= 11 is 0. The summed E-state index contributed by atoms with van der Waals surface area (Å²) in [7, 11) is 1.85. The Labute approximate surface area is 159 Å². The Morgan fingerprint density at radius 3 is 2.70 bits per heavy atom. The maximum absolute atomic E-state index is 12.3. The fourth-order valence-corrected chi connectivity index (χ4v) is 4.37. The first-order chi connectivity index (χ1) is 12.9. The lowest BCUT2D eigenvalue weighted by Gasteiger charge is -2.24. The van der Waals surface area contributed by atoms with Crippen molar-refractivity contribution in [3.05, 3.63) is 48.0 Å². The third kappa shape index (κ3) is 3.29. The monoisotopic (exact) mass is 389 g/mol. The van der Waals surface area contributed by atoms with Gasteiger partial charge in [-0.15, -0.1) is 0 Å². The molecule has 2 aliphatic rings. The highest BCUT2D eigenvalue weighted by Crippen LogP contribution is 2.49. The molecule has 4 rings (SSSR count). The molecule has 7 nitrogen and oxygen atoms in total. The Bertz CT molecular complexity index is 961. The SMILES string of the molecule is CNS(=O)(=O)c1ccc2c(c1)N1O[C@H](CN(C)C)C[C@H]1c1ccccc1O2. The van der Waals surface area contributed by atoms with E-state index in [-0.39, 0.29) is 17.0 Å². The molecule has 0 spiro atoms. The summed E-state index contributed by atoms with van der Waals surface area (Å²) in [6.45, 7) is 0.778. The predicted octanol–water partition coefficient (Wildman–Crippen LogP) is 2.51. The summed E-state index contributed by atoms with van der Waals surface area (Å²) in [5, 5.41) is 1.81. The second-order valence-electron chi connectivity index (χ2n) is 7.04. The molecular weight excluding hydrogens is 366 g/mol. The number of nitrogens with zero attached hydrogens (tertiary/aromatic N) is 2. The topological polar surface area (TPSA) is 71.1 Å². The van der Waals surface area contributed by atoms with Gasteiger partial charge in [0.05, 0.1) is 10.9 Å². The van der Waals surface area contributed by atoms with Crippen molar-refractivity contribution in [2.24, 2.45) is 0 Å². The number of benzene rings is 2. The van der Waals surface area contributed by atoms with Crippen LogP contribution in [-0.2, 0) is 14.9 Å². The molecular formula is C19H23N3O4S. The average molecular weight is 389 g/mol. The number of anilines is 1. The molecule has 144 valence electrons. The summed E-state index contributed by atoms with van der Waals surface area (Å²) in [5.74, 6) is 1.34. The smallest absolute Gasteiger partial charge is 0.240 e. The van der Waals surface area contributed by atoms with Crippen LogP contribution < -0.4 is 14.5 Å². The molecule has 0 radical (unpaired) electrons. The van der Waals surface area contributed by atoms with Crippen molar-refractivity contribution < 1.29 is 18.0 Å². The Hall–Kier alpha value is -2.13. The first-order valence-electron chi connectivity index (χ1n) is 8.84. The van der Waals surface area contributed by atoms with E-state index in [1.165, 1.54) is 7.05 Å². The van der Waals surface area contributed by atoms with E-state index in [1.54, 1.807) is 18.2 Å². The van der Waals surface area contributed by atoms with Gasteiger partial charge in [0.15, 0.2) is 5.75 Å². The zero-order valence-corrected chi connectivity index (χ0v) is 16.4. The lowest BCUT2D eigenvalue weighted by molar-refractivity contribution is 0.0648. The normalized spacial score (nSPS) is 21.3. The number of hydroxylamine groups is 1. The van der Waals surface area contributed by atoms with Crippen molar-refractivity contribution in [1.29, 1.82) is 0 Å². The number of ether oxygens (including phenoxy) is 1. The maximum atomic E-state index is 12.3. The van der Waals surface area contributed by atoms with Crippen LogP contribution in [0, 0.1) is 0 Å². The molecule has 0 saturated carbocycles. The molecule has 2 atom stereocenters. The van der Waals surface area contributed by atoms with Gasteiger partial charge in [-0.1, -0.05) is 18.2 Å². The molecule has 2 aliphatic heterocycles. The highest BCUT2D eigenvalue weighted by molar-refractivity contribution is 7.89. The zero-order valence-electron chi connectivity index (χ0n) is 15.5.